The van der Waals surface area contributed by atoms with Gasteiger partial charge in [0.05, 0.1) is 12.0 Å². The zero-order valence-electron chi connectivity index (χ0n) is 15.3. The number of hydrogen-bond donors (Lipinski definition) is 1. The molecule has 1 N–H and O–H groups in total. The van der Waals surface area contributed by atoms with Gasteiger partial charge in [0, 0.05) is 18.8 Å². The summed E-state index contributed by atoms with van der Waals surface area (Å²) in [5.74, 6) is 1.22. The van der Waals surface area contributed by atoms with Gasteiger partial charge in [0.1, 0.15) is 11.6 Å². The summed E-state index contributed by atoms with van der Waals surface area (Å²) in [6.07, 6.45) is 2.26. The Morgan fingerprint density at radius 3 is 2.85 bits per heavy atom. The van der Waals surface area contributed by atoms with Crippen LogP contribution in [0.2, 0.25) is 0 Å². The van der Waals surface area contributed by atoms with E-state index in [0.717, 1.165) is 36.5 Å². The fourth-order valence-electron chi connectivity index (χ4n) is 4.31. The number of likely N-dealkylation sites (tertiary alicyclic amines) is 1. The van der Waals surface area contributed by atoms with Crippen molar-refractivity contribution in [1.82, 2.24) is 9.88 Å². The monoisotopic (exact) mass is 353 g/mol. The van der Waals surface area contributed by atoms with Crippen LogP contribution in [0.15, 0.2) is 36.4 Å². The van der Waals surface area contributed by atoms with E-state index in [-0.39, 0.29) is 17.3 Å². The first kappa shape index (κ1) is 17.0. The molecular formula is C21H24FN3O. The van der Waals surface area contributed by atoms with Crippen molar-refractivity contribution in [3.05, 3.63) is 59.0 Å². The van der Waals surface area contributed by atoms with E-state index in [2.05, 4.69) is 29.4 Å². The lowest BCUT2D eigenvalue weighted by Gasteiger charge is -2.39. The number of hydrogen-bond acceptors (Lipinski definition) is 3. The van der Waals surface area contributed by atoms with E-state index in [4.69, 9.17) is 0 Å². The Labute approximate surface area is 153 Å². The Morgan fingerprint density at radius 2 is 2.08 bits per heavy atom. The lowest BCUT2D eigenvalue weighted by Crippen LogP contribution is -2.46. The lowest BCUT2D eigenvalue weighted by atomic mass is 9.80. The fraction of sp³-hybridized carbons (Fsp3) is 0.429. The molecule has 1 aromatic carbocycles. The quantitative estimate of drug-likeness (QED) is 0.896. The Kier molecular flexibility index (Phi) is 4.17. The molecule has 0 bridgehead atoms. The van der Waals surface area contributed by atoms with E-state index in [1.54, 1.807) is 12.1 Å². The predicted octanol–water partition coefficient (Wildman–Crippen LogP) is 3.66. The third-order valence-corrected chi connectivity index (χ3v) is 5.65. The van der Waals surface area contributed by atoms with Gasteiger partial charge in [-0.3, -0.25) is 4.79 Å². The van der Waals surface area contributed by atoms with Gasteiger partial charge in [-0.05, 0) is 55.0 Å². The van der Waals surface area contributed by atoms with E-state index >= 15 is 0 Å². The first-order chi connectivity index (χ1) is 12.4. The van der Waals surface area contributed by atoms with E-state index in [1.807, 2.05) is 11.8 Å². The molecule has 1 spiro atoms. The van der Waals surface area contributed by atoms with Gasteiger partial charge in [-0.15, -0.1) is 0 Å². The number of benzene rings is 1. The van der Waals surface area contributed by atoms with Gasteiger partial charge in [0.25, 0.3) is 0 Å². The van der Waals surface area contributed by atoms with Gasteiger partial charge in [0.15, 0.2) is 0 Å². The maximum Gasteiger partial charge on any atom is 0.227 e. The maximum absolute atomic E-state index is 13.0. The zero-order valence-corrected chi connectivity index (χ0v) is 15.3. The van der Waals surface area contributed by atoms with Crippen molar-refractivity contribution in [3.8, 4) is 0 Å². The van der Waals surface area contributed by atoms with Crippen LogP contribution in [-0.4, -0.2) is 34.4 Å². The second-order valence-electron chi connectivity index (χ2n) is 7.77. The third kappa shape index (κ3) is 3.18. The van der Waals surface area contributed by atoms with Crippen molar-refractivity contribution in [1.29, 1.82) is 0 Å². The molecule has 1 aromatic heterocycles. The predicted molar refractivity (Wildman–Crippen MR) is 99.7 cm³/mol. The van der Waals surface area contributed by atoms with Crippen LogP contribution in [0, 0.1) is 12.7 Å². The van der Waals surface area contributed by atoms with Crippen LogP contribution < -0.4 is 5.32 Å². The molecule has 2 aliphatic heterocycles. The molecule has 1 fully saturated rings. The molecule has 0 unspecified atom stereocenters. The average Bonchev–Trinajstić information content (AvgIpc) is 2.99. The highest BCUT2D eigenvalue weighted by atomic mass is 19.1. The van der Waals surface area contributed by atoms with Gasteiger partial charge in [-0.25, -0.2) is 9.37 Å². The second kappa shape index (κ2) is 6.38. The molecule has 0 saturated carbocycles. The standard InChI is InChI=1S/C21H24FN3O/c1-14-12-21(24-20-18(14)8-3-15(2)23-20)9-10-25(13-21)19(26)11-16-4-6-17(22)7-5-16/h3-8,14H,9-13H2,1-2H3,(H,23,24)/t14-,21-/m1/s1. The molecular weight excluding hydrogens is 329 g/mol. The number of nitrogens with one attached hydrogen (secondary N) is 1. The minimum Gasteiger partial charge on any atom is -0.363 e. The summed E-state index contributed by atoms with van der Waals surface area (Å²) in [6, 6.07) is 10.4. The Hall–Kier alpha value is -2.43. The smallest absolute Gasteiger partial charge is 0.227 e. The molecule has 136 valence electrons. The summed E-state index contributed by atoms with van der Waals surface area (Å²) >= 11 is 0. The molecule has 5 heteroatoms. The minimum atomic E-state index is -0.275. The highest BCUT2D eigenvalue weighted by Gasteiger charge is 2.44. The first-order valence-corrected chi connectivity index (χ1v) is 9.22. The summed E-state index contributed by atoms with van der Waals surface area (Å²) in [7, 11) is 0. The number of halogens is 1. The van der Waals surface area contributed by atoms with Gasteiger partial charge in [-0.1, -0.05) is 25.1 Å². The summed E-state index contributed by atoms with van der Waals surface area (Å²) in [5, 5.41) is 3.65. The van der Waals surface area contributed by atoms with E-state index in [0.29, 0.717) is 18.9 Å². The maximum atomic E-state index is 13.0. The van der Waals surface area contributed by atoms with Gasteiger partial charge in [0.2, 0.25) is 5.91 Å². The van der Waals surface area contributed by atoms with E-state index < -0.39 is 0 Å². The Balaban J connectivity index is 1.47. The fourth-order valence-corrected chi connectivity index (χ4v) is 4.31. The van der Waals surface area contributed by atoms with Crippen molar-refractivity contribution < 1.29 is 9.18 Å². The van der Waals surface area contributed by atoms with Crippen molar-refractivity contribution in [3.63, 3.8) is 0 Å². The van der Waals surface area contributed by atoms with Crippen LogP contribution >= 0.6 is 0 Å². The Bertz CT molecular complexity index is 836. The summed E-state index contributed by atoms with van der Waals surface area (Å²) in [5.41, 5.74) is 3.02. The number of fused-ring (bicyclic) bond motifs is 1. The Morgan fingerprint density at radius 1 is 1.31 bits per heavy atom. The summed E-state index contributed by atoms with van der Waals surface area (Å²) in [4.78, 5) is 19.3. The number of amides is 1. The number of carbonyl (C=O) groups is 1. The normalized spacial score (nSPS) is 24.4. The third-order valence-electron chi connectivity index (χ3n) is 5.65. The van der Waals surface area contributed by atoms with Gasteiger partial charge >= 0.3 is 0 Å². The molecule has 2 aliphatic rings. The molecule has 0 aliphatic carbocycles. The van der Waals surface area contributed by atoms with Gasteiger partial charge < -0.3 is 10.2 Å². The number of carbonyl (C=O) groups excluding carboxylic acids is 1. The van der Waals surface area contributed by atoms with E-state index in [1.165, 1.54) is 17.7 Å². The number of pyridine rings is 1. The topological polar surface area (TPSA) is 45.2 Å². The number of nitrogens with zero attached hydrogens (tertiary/aromatic N) is 2. The van der Waals surface area contributed by atoms with Crippen molar-refractivity contribution >= 4 is 11.7 Å². The van der Waals surface area contributed by atoms with Crippen molar-refractivity contribution in [2.24, 2.45) is 0 Å². The van der Waals surface area contributed by atoms with E-state index in [9.17, 15) is 9.18 Å². The largest absolute Gasteiger partial charge is 0.363 e. The highest BCUT2D eigenvalue weighted by Crippen LogP contribution is 2.42. The van der Waals surface area contributed by atoms with Crippen LogP contribution in [0.1, 0.15) is 42.5 Å². The SMILES string of the molecule is Cc1ccc2c(n1)N[C@]1(CCN(C(=O)Cc3ccc(F)cc3)C1)C[C@H]2C. The van der Waals surface area contributed by atoms with Crippen LogP contribution in [0.25, 0.3) is 0 Å². The molecule has 3 heterocycles. The average molecular weight is 353 g/mol. The molecule has 1 saturated heterocycles. The summed E-state index contributed by atoms with van der Waals surface area (Å²) in [6.45, 7) is 5.69. The molecule has 1 amide bonds. The van der Waals surface area contributed by atoms with Crippen LogP contribution in [0.5, 0.6) is 0 Å². The van der Waals surface area contributed by atoms with Crippen LogP contribution in [0.4, 0.5) is 10.2 Å². The molecule has 2 aromatic rings. The molecule has 4 rings (SSSR count). The number of aromatic nitrogens is 1. The van der Waals surface area contributed by atoms with Crippen molar-refractivity contribution in [2.75, 3.05) is 18.4 Å². The van der Waals surface area contributed by atoms with Crippen LogP contribution in [-0.2, 0) is 11.2 Å². The molecule has 4 nitrogen and oxygen atoms in total. The lowest BCUT2D eigenvalue weighted by molar-refractivity contribution is -0.129. The minimum absolute atomic E-state index is 0.0916. The molecule has 0 radical (unpaired) electrons. The highest BCUT2D eigenvalue weighted by molar-refractivity contribution is 5.79. The van der Waals surface area contributed by atoms with Crippen LogP contribution in [0.3, 0.4) is 0 Å². The summed E-state index contributed by atoms with van der Waals surface area (Å²) < 4.78 is 13.0. The number of anilines is 1. The second-order valence-corrected chi connectivity index (χ2v) is 7.77. The zero-order chi connectivity index (χ0) is 18.3. The number of aryl methyl sites for hydroxylation is 1. The van der Waals surface area contributed by atoms with Gasteiger partial charge in [-0.2, -0.15) is 0 Å². The molecule has 2 atom stereocenters. The molecule has 26 heavy (non-hydrogen) atoms. The number of rotatable bonds is 2. The van der Waals surface area contributed by atoms with Crippen molar-refractivity contribution in [2.45, 2.75) is 44.6 Å². The first-order valence-electron chi connectivity index (χ1n) is 9.22.